The van der Waals surface area contributed by atoms with E-state index in [1.54, 1.807) is 24.4 Å². The van der Waals surface area contributed by atoms with Gasteiger partial charge >= 0.3 is 0 Å². The minimum Gasteiger partial charge on any atom is -0.271 e. The van der Waals surface area contributed by atoms with Crippen molar-refractivity contribution in [2.24, 2.45) is 5.84 Å². The van der Waals surface area contributed by atoms with Crippen LogP contribution < -0.4 is 11.3 Å². The van der Waals surface area contributed by atoms with Crippen LogP contribution in [0.3, 0.4) is 0 Å². The normalized spacial score (nSPS) is 12.4. The van der Waals surface area contributed by atoms with Crippen molar-refractivity contribution in [2.45, 2.75) is 6.04 Å². The fourth-order valence-electron chi connectivity index (χ4n) is 1.62. The third-order valence-electron chi connectivity index (χ3n) is 2.42. The third kappa shape index (κ3) is 2.46. The van der Waals surface area contributed by atoms with Crippen molar-refractivity contribution in [1.82, 2.24) is 10.4 Å². The smallest absolute Gasteiger partial charge is 0.128 e. The molecule has 0 aliphatic heterocycles. The van der Waals surface area contributed by atoms with Crippen LogP contribution in [0, 0.1) is 11.6 Å². The van der Waals surface area contributed by atoms with Gasteiger partial charge in [0.25, 0.3) is 0 Å². The van der Waals surface area contributed by atoms with E-state index in [2.05, 4.69) is 10.4 Å². The molecule has 0 aliphatic carbocycles. The number of nitrogens with zero attached hydrogens (tertiary/aromatic N) is 1. The minimum atomic E-state index is -0.674. The summed E-state index contributed by atoms with van der Waals surface area (Å²) in [7, 11) is 0. The number of halogens is 2. The van der Waals surface area contributed by atoms with Crippen LogP contribution in [0.25, 0.3) is 0 Å². The highest BCUT2D eigenvalue weighted by Gasteiger charge is 2.18. The second-order valence-corrected chi connectivity index (χ2v) is 3.52. The van der Waals surface area contributed by atoms with Crippen LogP contribution in [0.15, 0.2) is 42.6 Å². The Morgan fingerprint density at radius 2 is 2.00 bits per heavy atom. The summed E-state index contributed by atoms with van der Waals surface area (Å²) in [5.74, 6) is 4.33. The molecule has 0 saturated carbocycles. The number of hydrazine groups is 1. The number of rotatable bonds is 3. The predicted octanol–water partition coefficient (Wildman–Crippen LogP) is 1.91. The van der Waals surface area contributed by atoms with Crippen LogP contribution in [0.5, 0.6) is 0 Å². The van der Waals surface area contributed by atoms with Crippen molar-refractivity contribution in [1.29, 1.82) is 0 Å². The molecule has 2 aromatic rings. The van der Waals surface area contributed by atoms with Gasteiger partial charge in [0.1, 0.15) is 11.6 Å². The first kappa shape index (κ1) is 11.6. The quantitative estimate of drug-likeness (QED) is 0.631. The lowest BCUT2D eigenvalue weighted by Crippen LogP contribution is -2.30. The lowest BCUT2D eigenvalue weighted by Gasteiger charge is -2.16. The van der Waals surface area contributed by atoms with Gasteiger partial charge in [-0.05, 0) is 30.3 Å². The molecule has 1 heterocycles. The molecule has 0 spiro atoms. The van der Waals surface area contributed by atoms with Gasteiger partial charge in [0.15, 0.2) is 0 Å². The zero-order valence-corrected chi connectivity index (χ0v) is 8.90. The number of nitrogens with two attached hydrogens (primary N) is 1. The second-order valence-electron chi connectivity index (χ2n) is 3.52. The van der Waals surface area contributed by atoms with Gasteiger partial charge < -0.3 is 0 Å². The number of aromatic nitrogens is 1. The zero-order valence-electron chi connectivity index (χ0n) is 8.90. The Morgan fingerprint density at radius 3 is 2.65 bits per heavy atom. The van der Waals surface area contributed by atoms with Gasteiger partial charge in [-0.1, -0.05) is 6.07 Å². The van der Waals surface area contributed by atoms with Crippen LogP contribution >= 0.6 is 0 Å². The lowest BCUT2D eigenvalue weighted by atomic mass is 10.0. The topological polar surface area (TPSA) is 50.9 Å². The van der Waals surface area contributed by atoms with E-state index in [9.17, 15) is 8.78 Å². The summed E-state index contributed by atoms with van der Waals surface area (Å²) < 4.78 is 26.7. The summed E-state index contributed by atoms with van der Waals surface area (Å²) in [6, 6.07) is 7.74. The summed E-state index contributed by atoms with van der Waals surface area (Å²) >= 11 is 0. The number of pyridine rings is 1. The maximum atomic E-state index is 13.6. The molecule has 17 heavy (non-hydrogen) atoms. The molecule has 0 aliphatic rings. The largest absolute Gasteiger partial charge is 0.271 e. The molecule has 1 aromatic heterocycles. The molecule has 1 unspecified atom stereocenters. The van der Waals surface area contributed by atoms with Crippen LogP contribution in [0.1, 0.15) is 17.3 Å². The molecule has 0 amide bonds. The Hall–Kier alpha value is -1.85. The van der Waals surface area contributed by atoms with Crippen LogP contribution in [0.2, 0.25) is 0 Å². The van der Waals surface area contributed by atoms with E-state index in [0.29, 0.717) is 5.69 Å². The molecule has 1 aromatic carbocycles. The van der Waals surface area contributed by atoms with Gasteiger partial charge in [0.05, 0.1) is 11.7 Å². The average molecular weight is 235 g/mol. The average Bonchev–Trinajstić information content (AvgIpc) is 2.36. The molecular formula is C12H11F2N3. The van der Waals surface area contributed by atoms with Gasteiger partial charge in [-0.2, -0.15) is 0 Å². The molecule has 88 valence electrons. The van der Waals surface area contributed by atoms with Gasteiger partial charge in [-0.25, -0.2) is 14.2 Å². The maximum Gasteiger partial charge on any atom is 0.128 e. The van der Waals surface area contributed by atoms with E-state index in [1.807, 2.05) is 0 Å². The lowest BCUT2D eigenvalue weighted by molar-refractivity contribution is 0.540. The van der Waals surface area contributed by atoms with Gasteiger partial charge in [-0.15, -0.1) is 0 Å². The van der Waals surface area contributed by atoms with Crippen LogP contribution in [-0.4, -0.2) is 4.98 Å². The van der Waals surface area contributed by atoms with E-state index < -0.39 is 17.7 Å². The Morgan fingerprint density at radius 1 is 1.18 bits per heavy atom. The number of hydrogen-bond acceptors (Lipinski definition) is 3. The summed E-state index contributed by atoms with van der Waals surface area (Å²) in [5.41, 5.74) is 3.09. The van der Waals surface area contributed by atoms with Gasteiger partial charge in [-0.3, -0.25) is 10.8 Å². The predicted molar refractivity (Wildman–Crippen MR) is 59.8 cm³/mol. The second kappa shape index (κ2) is 4.99. The molecule has 5 heteroatoms. The molecule has 0 fully saturated rings. The molecule has 3 N–H and O–H groups in total. The summed E-state index contributed by atoms with van der Waals surface area (Å²) in [6.45, 7) is 0. The first-order valence-electron chi connectivity index (χ1n) is 5.04. The fraction of sp³-hybridized carbons (Fsp3) is 0.0833. The van der Waals surface area contributed by atoms with Crippen LogP contribution in [-0.2, 0) is 0 Å². The van der Waals surface area contributed by atoms with E-state index in [4.69, 9.17) is 5.84 Å². The third-order valence-corrected chi connectivity index (χ3v) is 2.42. The van der Waals surface area contributed by atoms with Crippen LogP contribution in [0.4, 0.5) is 8.78 Å². The van der Waals surface area contributed by atoms with Crippen molar-refractivity contribution in [2.75, 3.05) is 0 Å². The first-order chi connectivity index (χ1) is 8.22. The van der Waals surface area contributed by atoms with Crippen molar-refractivity contribution in [3.8, 4) is 0 Å². The molecule has 0 radical (unpaired) electrons. The maximum absolute atomic E-state index is 13.6. The van der Waals surface area contributed by atoms with Crippen molar-refractivity contribution >= 4 is 0 Å². The Kier molecular flexibility index (Phi) is 3.41. The van der Waals surface area contributed by atoms with Gasteiger partial charge in [0.2, 0.25) is 0 Å². The minimum absolute atomic E-state index is 0.131. The Labute approximate surface area is 97.3 Å². The Bertz CT molecular complexity index is 502. The van der Waals surface area contributed by atoms with Crippen molar-refractivity contribution in [3.05, 3.63) is 65.5 Å². The molecule has 3 nitrogen and oxygen atoms in total. The Balaban J connectivity index is 2.46. The van der Waals surface area contributed by atoms with Crippen molar-refractivity contribution in [3.63, 3.8) is 0 Å². The van der Waals surface area contributed by atoms with Gasteiger partial charge in [0, 0.05) is 11.8 Å². The molecule has 2 rings (SSSR count). The molecule has 0 bridgehead atoms. The van der Waals surface area contributed by atoms with E-state index >= 15 is 0 Å². The fourth-order valence-corrected chi connectivity index (χ4v) is 1.62. The monoisotopic (exact) mass is 235 g/mol. The highest BCUT2D eigenvalue weighted by molar-refractivity contribution is 5.29. The molecule has 0 saturated heterocycles. The highest BCUT2D eigenvalue weighted by atomic mass is 19.1. The number of nitrogens with one attached hydrogen (secondary N) is 1. The number of hydrogen-bond donors (Lipinski definition) is 2. The standard InChI is InChI=1S/C12H11F2N3/c13-8-4-5-10(14)9(7-8)12(17-15)11-3-1-2-6-16-11/h1-7,12,17H,15H2. The molecule has 1 atom stereocenters. The summed E-state index contributed by atoms with van der Waals surface area (Å²) in [6.07, 6.45) is 1.57. The van der Waals surface area contributed by atoms with E-state index in [1.165, 1.54) is 0 Å². The summed E-state index contributed by atoms with van der Waals surface area (Å²) in [4.78, 5) is 4.07. The first-order valence-corrected chi connectivity index (χ1v) is 5.04. The SMILES string of the molecule is NNC(c1ccccn1)c1cc(F)ccc1F. The van der Waals surface area contributed by atoms with E-state index in [0.717, 1.165) is 18.2 Å². The zero-order chi connectivity index (χ0) is 12.3. The number of benzene rings is 1. The molecular weight excluding hydrogens is 224 g/mol. The van der Waals surface area contributed by atoms with E-state index in [-0.39, 0.29) is 5.56 Å². The van der Waals surface area contributed by atoms with Crippen molar-refractivity contribution < 1.29 is 8.78 Å². The highest BCUT2D eigenvalue weighted by Crippen LogP contribution is 2.22. The summed E-state index contributed by atoms with van der Waals surface area (Å²) in [5, 5.41) is 0.